The van der Waals surface area contributed by atoms with E-state index >= 15 is 0 Å². The topological polar surface area (TPSA) is 47.9 Å². The molecule has 0 saturated carbocycles. The van der Waals surface area contributed by atoms with Crippen LogP contribution in [0.1, 0.15) is 18.1 Å². The molecule has 7 heteroatoms. The third kappa shape index (κ3) is 4.16. The van der Waals surface area contributed by atoms with Gasteiger partial charge in [0.25, 0.3) is 0 Å². The second-order valence-electron chi connectivity index (χ2n) is 5.34. The van der Waals surface area contributed by atoms with Crippen LogP contribution in [0.3, 0.4) is 0 Å². The zero-order valence-electron chi connectivity index (χ0n) is 13.1. The molecule has 0 aromatic heterocycles. The van der Waals surface area contributed by atoms with Crippen molar-refractivity contribution in [3.05, 3.63) is 67.9 Å². The lowest BCUT2D eigenvalue weighted by Crippen LogP contribution is -2.02. The van der Waals surface area contributed by atoms with E-state index in [1.165, 1.54) is 12.1 Å². The molecule has 0 amide bonds. The van der Waals surface area contributed by atoms with Crippen molar-refractivity contribution in [1.29, 1.82) is 0 Å². The molecular weight excluding hydrogens is 457 g/mol. The highest BCUT2D eigenvalue weighted by atomic mass is 79.9. The van der Waals surface area contributed by atoms with Crippen LogP contribution < -0.4 is 4.74 Å². The monoisotopic (exact) mass is 467 g/mol. The van der Waals surface area contributed by atoms with Gasteiger partial charge in [0, 0.05) is 0 Å². The molecule has 128 valence electrons. The molecule has 1 heterocycles. The number of halogens is 3. The van der Waals surface area contributed by atoms with E-state index in [0.717, 1.165) is 20.1 Å². The van der Waals surface area contributed by atoms with Crippen molar-refractivity contribution < 1.29 is 18.8 Å². The number of benzene rings is 2. The van der Waals surface area contributed by atoms with Gasteiger partial charge in [0.05, 0.1) is 20.2 Å². The Hall–Kier alpha value is -1.99. The summed E-state index contributed by atoms with van der Waals surface area (Å²) in [6, 6.07) is 9.78. The van der Waals surface area contributed by atoms with Gasteiger partial charge in [-0.05, 0) is 80.3 Å². The van der Waals surface area contributed by atoms with E-state index in [0.29, 0.717) is 23.6 Å². The highest BCUT2D eigenvalue weighted by molar-refractivity contribution is 9.11. The summed E-state index contributed by atoms with van der Waals surface area (Å²) in [5.74, 6) is -0.139. The van der Waals surface area contributed by atoms with Crippen molar-refractivity contribution in [3.8, 4) is 5.75 Å². The number of carbonyl (C=O) groups is 1. The Morgan fingerprint density at radius 1 is 1.20 bits per heavy atom. The second kappa shape index (κ2) is 7.49. The van der Waals surface area contributed by atoms with Gasteiger partial charge in [-0.15, -0.1) is 0 Å². The van der Waals surface area contributed by atoms with Crippen LogP contribution >= 0.6 is 31.9 Å². The highest BCUT2D eigenvalue weighted by Crippen LogP contribution is 2.36. The molecule has 0 saturated heterocycles. The van der Waals surface area contributed by atoms with Gasteiger partial charge in [-0.25, -0.2) is 9.18 Å². The summed E-state index contributed by atoms with van der Waals surface area (Å²) in [5, 5.41) is 3.65. The summed E-state index contributed by atoms with van der Waals surface area (Å²) in [6.07, 6.45) is 1.70. The van der Waals surface area contributed by atoms with Gasteiger partial charge < -0.3 is 9.57 Å². The molecule has 4 nitrogen and oxygen atoms in total. The summed E-state index contributed by atoms with van der Waals surface area (Å²) in [6.45, 7) is 2.01. The number of hydrogen-bond donors (Lipinski definition) is 0. The number of carbonyl (C=O) groups excluding carboxylic acids is 1. The molecule has 0 atom stereocenters. The molecule has 25 heavy (non-hydrogen) atoms. The molecule has 3 rings (SSSR count). The third-order valence-electron chi connectivity index (χ3n) is 3.50. The molecule has 0 N–H and O–H groups in total. The molecule has 0 aliphatic carbocycles. The Morgan fingerprint density at radius 2 is 1.84 bits per heavy atom. The van der Waals surface area contributed by atoms with Crippen LogP contribution in [0.2, 0.25) is 0 Å². The molecular formula is C18H12Br2FNO3. The Balaban J connectivity index is 1.81. The zero-order valence-corrected chi connectivity index (χ0v) is 16.2. The van der Waals surface area contributed by atoms with E-state index in [4.69, 9.17) is 4.74 Å². The zero-order chi connectivity index (χ0) is 18.0. The van der Waals surface area contributed by atoms with Gasteiger partial charge in [0.1, 0.15) is 18.2 Å². The first kappa shape index (κ1) is 17.8. The smallest absolute Gasteiger partial charge is 0.367 e. The summed E-state index contributed by atoms with van der Waals surface area (Å²) in [4.78, 5) is 16.3. The molecule has 2 aromatic rings. The molecule has 0 bridgehead atoms. The van der Waals surface area contributed by atoms with Crippen molar-refractivity contribution in [2.45, 2.75) is 13.5 Å². The second-order valence-corrected chi connectivity index (χ2v) is 7.05. The standard InChI is InChI=1S/C18H12Br2FNO3/c1-10-14(18(23)25-22-10)6-12-7-15(19)17(16(20)8-12)24-9-11-2-4-13(21)5-3-11/h2-8H,9H2,1H3/b14-6-. The van der Waals surface area contributed by atoms with Crippen LogP contribution in [-0.2, 0) is 16.2 Å². The van der Waals surface area contributed by atoms with Crippen molar-refractivity contribution >= 4 is 49.6 Å². The average molecular weight is 469 g/mol. The Bertz CT molecular complexity index is 869. The average Bonchev–Trinajstić information content (AvgIpc) is 2.88. The first-order valence-electron chi connectivity index (χ1n) is 7.28. The fourth-order valence-electron chi connectivity index (χ4n) is 2.22. The number of rotatable bonds is 4. The number of nitrogens with zero attached hydrogens (tertiary/aromatic N) is 1. The summed E-state index contributed by atoms with van der Waals surface area (Å²) >= 11 is 6.94. The molecule has 0 unspecified atom stereocenters. The maximum absolute atomic E-state index is 12.9. The molecule has 2 aromatic carbocycles. The predicted molar refractivity (Wildman–Crippen MR) is 99.8 cm³/mol. The lowest BCUT2D eigenvalue weighted by Gasteiger charge is -2.11. The van der Waals surface area contributed by atoms with Crippen molar-refractivity contribution in [1.82, 2.24) is 0 Å². The van der Waals surface area contributed by atoms with Crippen LogP contribution in [0.5, 0.6) is 5.75 Å². The van der Waals surface area contributed by atoms with Gasteiger partial charge in [0.15, 0.2) is 0 Å². The fraction of sp³-hybridized carbons (Fsp3) is 0.111. The maximum Gasteiger partial charge on any atom is 0.367 e. The van der Waals surface area contributed by atoms with E-state index in [9.17, 15) is 9.18 Å². The van der Waals surface area contributed by atoms with Crippen LogP contribution in [0, 0.1) is 5.82 Å². The molecule has 1 aliphatic heterocycles. The predicted octanol–water partition coefficient (Wildman–Crippen LogP) is 5.25. The molecule has 0 radical (unpaired) electrons. The highest BCUT2D eigenvalue weighted by Gasteiger charge is 2.22. The van der Waals surface area contributed by atoms with E-state index in [2.05, 4.69) is 41.9 Å². The molecule has 1 aliphatic rings. The van der Waals surface area contributed by atoms with Crippen molar-refractivity contribution in [2.24, 2.45) is 5.16 Å². The van der Waals surface area contributed by atoms with E-state index in [1.54, 1.807) is 25.1 Å². The number of hydrogen-bond acceptors (Lipinski definition) is 4. The van der Waals surface area contributed by atoms with Crippen LogP contribution in [0.4, 0.5) is 4.39 Å². The summed E-state index contributed by atoms with van der Waals surface area (Å²) in [7, 11) is 0. The largest absolute Gasteiger partial charge is 0.487 e. The normalized spacial score (nSPS) is 15.3. The quantitative estimate of drug-likeness (QED) is 0.455. The number of ether oxygens (including phenoxy) is 1. The SMILES string of the molecule is CC1=NOC(=O)/C1=C\c1cc(Br)c(OCc2ccc(F)cc2)c(Br)c1. The van der Waals surface area contributed by atoms with Crippen molar-refractivity contribution in [2.75, 3.05) is 0 Å². The van der Waals surface area contributed by atoms with Crippen molar-refractivity contribution in [3.63, 3.8) is 0 Å². The Morgan fingerprint density at radius 3 is 2.40 bits per heavy atom. The minimum absolute atomic E-state index is 0.284. The molecule has 0 spiro atoms. The first-order chi connectivity index (χ1) is 11.9. The van der Waals surface area contributed by atoms with E-state index in [1.807, 2.05) is 12.1 Å². The number of oxime groups is 1. The molecule has 0 fully saturated rings. The lowest BCUT2D eigenvalue weighted by atomic mass is 10.1. The first-order valence-corrected chi connectivity index (χ1v) is 8.87. The maximum atomic E-state index is 12.9. The van der Waals surface area contributed by atoms with Crippen LogP contribution in [0.15, 0.2) is 56.1 Å². The van der Waals surface area contributed by atoms with Gasteiger partial charge in [-0.1, -0.05) is 17.3 Å². The minimum atomic E-state index is -0.471. The van der Waals surface area contributed by atoms with Gasteiger partial charge in [-0.3, -0.25) is 0 Å². The summed E-state index contributed by atoms with van der Waals surface area (Å²) in [5.41, 5.74) is 2.59. The minimum Gasteiger partial charge on any atom is -0.487 e. The fourth-order valence-corrected chi connectivity index (χ4v) is 3.67. The summed E-state index contributed by atoms with van der Waals surface area (Å²) < 4.78 is 20.2. The van der Waals surface area contributed by atoms with Crippen LogP contribution in [-0.4, -0.2) is 11.7 Å². The van der Waals surface area contributed by atoms with Crippen LogP contribution in [0.25, 0.3) is 6.08 Å². The van der Waals surface area contributed by atoms with E-state index < -0.39 is 5.97 Å². The Labute approximate surface area is 160 Å². The van der Waals surface area contributed by atoms with Gasteiger partial charge in [0.2, 0.25) is 0 Å². The van der Waals surface area contributed by atoms with Gasteiger partial charge in [-0.2, -0.15) is 0 Å². The third-order valence-corrected chi connectivity index (χ3v) is 4.68. The van der Waals surface area contributed by atoms with Gasteiger partial charge >= 0.3 is 5.97 Å². The Kier molecular flexibility index (Phi) is 5.34. The van der Waals surface area contributed by atoms with E-state index in [-0.39, 0.29) is 5.82 Å². The lowest BCUT2D eigenvalue weighted by molar-refractivity contribution is -0.136.